The molecule has 1 fully saturated rings. The van der Waals surface area contributed by atoms with Gasteiger partial charge in [-0.2, -0.15) is 4.99 Å². The molecule has 0 aromatic rings. The van der Waals surface area contributed by atoms with Gasteiger partial charge in [0.2, 0.25) is 0 Å². The summed E-state index contributed by atoms with van der Waals surface area (Å²) < 4.78 is 5.14. The van der Waals surface area contributed by atoms with E-state index in [2.05, 4.69) is 4.99 Å². The number of rotatable bonds is 2. The van der Waals surface area contributed by atoms with E-state index in [-0.39, 0.29) is 12.3 Å². The van der Waals surface area contributed by atoms with Crippen LogP contribution in [0.25, 0.3) is 0 Å². The second-order valence-electron chi connectivity index (χ2n) is 4.21. The molecule has 2 aliphatic rings. The van der Waals surface area contributed by atoms with Gasteiger partial charge in [0.1, 0.15) is 30.4 Å². The predicted molar refractivity (Wildman–Crippen MR) is 57.2 cm³/mol. The van der Waals surface area contributed by atoms with Gasteiger partial charge in [-0.25, -0.2) is 4.79 Å². The highest BCUT2D eigenvalue weighted by atomic mass is 16.6. The van der Waals surface area contributed by atoms with E-state index in [4.69, 9.17) is 15.6 Å². The third kappa shape index (κ3) is 2.06. The smallest absolute Gasteiger partial charge is 0.349 e. The van der Waals surface area contributed by atoms with E-state index in [0.717, 1.165) is 4.90 Å². The molecule has 2 amide bonds. The highest BCUT2D eigenvalue weighted by Crippen LogP contribution is 2.27. The minimum Gasteiger partial charge on any atom is -0.394 e. The van der Waals surface area contributed by atoms with Gasteiger partial charge in [0.05, 0.1) is 13.0 Å². The fourth-order valence-electron chi connectivity index (χ4n) is 2.03. The third-order valence-electron chi connectivity index (χ3n) is 2.96. The van der Waals surface area contributed by atoms with Crippen LogP contribution >= 0.6 is 0 Å². The molecule has 6 N–H and O–H groups in total. The lowest BCUT2D eigenvalue weighted by molar-refractivity contribution is -0.127. The standard InChI is InChI=1S/C9H15N3O6/c10-4-1-5(14)12(9(17)11-4)8-7(16)6(15)3(2-13)18-8/h3,5-8,13-16H,1-2H2,(H2,10,11,17)/t3-,5?,6-,7-,8-/m1/s1. The molecule has 2 rings (SSSR count). The van der Waals surface area contributed by atoms with Crippen molar-refractivity contribution in [2.75, 3.05) is 6.61 Å². The van der Waals surface area contributed by atoms with Crippen molar-refractivity contribution in [3.05, 3.63) is 0 Å². The molecule has 1 saturated heterocycles. The van der Waals surface area contributed by atoms with Crippen LogP contribution in [0, 0.1) is 0 Å². The van der Waals surface area contributed by atoms with E-state index in [1.165, 1.54) is 0 Å². The van der Waals surface area contributed by atoms with Gasteiger partial charge in [-0.15, -0.1) is 0 Å². The zero-order valence-corrected chi connectivity index (χ0v) is 9.38. The maximum atomic E-state index is 11.6. The van der Waals surface area contributed by atoms with Crippen molar-refractivity contribution in [3.63, 3.8) is 0 Å². The first-order chi connectivity index (χ1) is 8.45. The lowest BCUT2D eigenvalue weighted by Gasteiger charge is -2.34. The van der Waals surface area contributed by atoms with Gasteiger partial charge in [0.15, 0.2) is 6.23 Å². The van der Waals surface area contributed by atoms with Gasteiger partial charge in [-0.05, 0) is 0 Å². The van der Waals surface area contributed by atoms with E-state index < -0.39 is 43.4 Å². The van der Waals surface area contributed by atoms with Crippen LogP contribution in [-0.2, 0) is 4.74 Å². The van der Waals surface area contributed by atoms with E-state index in [9.17, 15) is 20.1 Å². The summed E-state index contributed by atoms with van der Waals surface area (Å²) in [7, 11) is 0. The molecule has 18 heavy (non-hydrogen) atoms. The Kier molecular flexibility index (Phi) is 3.50. The number of nitrogens with two attached hydrogens (primary N) is 1. The van der Waals surface area contributed by atoms with Gasteiger partial charge in [0.25, 0.3) is 0 Å². The number of ether oxygens (including phenoxy) is 1. The third-order valence-corrected chi connectivity index (χ3v) is 2.96. The quantitative estimate of drug-likeness (QED) is 0.354. The number of amides is 2. The predicted octanol–water partition coefficient (Wildman–Crippen LogP) is -3.07. The number of hydrogen-bond acceptors (Lipinski definition) is 7. The van der Waals surface area contributed by atoms with Crippen LogP contribution < -0.4 is 5.73 Å². The van der Waals surface area contributed by atoms with Crippen molar-refractivity contribution < 1.29 is 30.0 Å². The van der Waals surface area contributed by atoms with Crippen molar-refractivity contribution in [1.29, 1.82) is 0 Å². The van der Waals surface area contributed by atoms with Crippen LogP contribution in [0.4, 0.5) is 4.79 Å². The molecule has 0 bridgehead atoms. The number of hydrogen-bond donors (Lipinski definition) is 5. The molecule has 0 aliphatic carbocycles. The minimum atomic E-state index is -1.43. The zero-order chi connectivity index (χ0) is 13.4. The molecule has 2 aliphatic heterocycles. The Hall–Kier alpha value is -1.26. The lowest BCUT2D eigenvalue weighted by atomic mass is 10.1. The SMILES string of the molecule is NC1=NC(=O)N([C@@H]2O[C@H](CO)[C@@H](O)[C@H]2O)C(O)C1. The Bertz CT molecular complexity index is 375. The highest BCUT2D eigenvalue weighted by Gasteiger charge is 2.49. The molecule has 9 heteroatoms. The molecule has 1 unspecified atom stereocenters. The van der Waals surface area contributed by atoms with Crippen LogP contribution in [-0.4, -0.2) is 74.6 Å². The average molecular weight is 261 g/mol. The summed E-state index contributed by atoms with van der Waals surface area (Å²) in [5.74, 6) is -0.0181. The van der Waals surface area contributed by atoms with Gasteiger partial charge in [-0.1, -0.05) is 0 Å². The maximum absolute atomic E-state index is 11.6. The first-order valence-corrected chi connectivity index (χ1v) is 5.41. The normalized spacial score (nSPS) is 41.1. The highest BCUT2D eigenvalue weighted by molar-refractivity contribution is 5.95. The van der Waals surface area contributed by atoms with Crippen molar-refractivity contribution in [1.82, 2.24) is 4.90 Å². The van der Waals surface area contributed by atoms with Crippen molar-refractivity contribution >= 4 is 11.9 Å². The van der Waals surface area contributed by atoms with E-state index in [0.29, 0.717) is 0 Å². The molecule has 2 heterocycles. The van der Waals surface area contributed by atoms with Crippen LogP contribution in [0.15, 0.2) is 4.99 Å². The van der Waals surface area contributed by atoms with Crippen molar-refractivity contribution in [2.24, 2.45) is 10.7 Å². The maximum Gasteiger partial charge on any atom is 0.349 e. The number of urea groups is 1. The van der Waals surface area contributed by atoms with Crippen LogP contribution in [0.5, 0.6) is 0 Å². The Morgan fingerprint density at radius 3 is 2.56 bits per heavy atom. The molecular formula is C9H15N3O6. The molecule has 0 spiro atoms. The number of carbonyl (C=O) groups excluding carboxylic acids is 1. The van der Waals surface area contributed by atoms with Crippen molar-refractivity contribution in [2.45, 2.75) is 37.2 Å². The van der Waals surface area contributed by atoms with Crippen LogP contribution in [0.2, 0.25) is 0 Å². The van der Waals surface area contributed by atoms with Gasteiger partial charge in [-0.3, -0.25) is 4.90 Å². The molecule has 9 nitrogen and oxygen atoms in total. The summed E-state index contributed by atoms with van der Waals surface area (Å²) in [5, 5.41) is 38.0. The first kappa shape index (κ1) is 13.2. The summed E-state index contributed by atoms with van der Waals surface area (Å²) in [6, 6.07) is -0.860. The van der Waals surface area contributed by atoms with Gasteiger partial charge in [0, 0.05) is 0 Å². The molecule has 5 atom stereocenters. The molecule has 102 valence electrons. The van der Waals surface area contributed by atoms with E-state index >= 15 is 0 Å². The summed E-state index contributed by atoms with van der Waals surface area (Å²) in [6.07, 6.45) is -6.43. The summed E-state index contributed by atoms with van der Waals surface area (Å²) in [4.78, 5) is 15.9. The molecule has 0 saturated carbocycles. The first-order valence-electron chi connectivity index (χ1n) is 5.41. The summed E-state index contributed by atoms with van der Waals surface area (Å²) >= 11 is 0. The minimum absolute atomic E-state index is 0.0181. The van der Waals surface area contributed by atoms with E-state index in [1.54, 1.807) is 0 Å². The number of aliphatic imine (C=N–C) groups is 1. The lowest BCUT2D eigenvalue weighted by Crippen LogP contribution is -2.54. The number of carbonyl (C=O) groups is 1. The van der Waals surface area contributed by atoms with Gasteiger partial charge < -0.3 is 30.9 Å². The van der Waals surface area contributed by atoms with Crippen LogP contribution in [0.1, 0.15) is 6.42 Å². The Morgan fingerprint density at radius 1 is 1.39 bits per heavy atom. The Labute approximate surface area is 102 Å². The average Bonchev–Trinajstić information content (AvgIpc) is 2.56. The van der Waals surface area contributed by atoms with Crippen molar-refractivity contribution in [3.8, 4) is 0 Å². The van der Waals surface area contributed by atoms with Crippen LogP contribution in [0.3, 0.4) is 0 Å². The number of nitrogens with zero attached hydrogens (tertiary/aromatic N) is 2. The Balaban J connectivity index is 2.19. The molecule has 0 aromatic carbocycles. The molecule has 0 radical (unpaired) electrons. The number of amidine groups is 1. The zero-order valence-electron chi connectivity index (χ0n) is 9.38. The fraction of sp³-hybridized carbons (Fsp3) is 0.778. The Morgan fingerprint density at radius 2 is 2.06 bits per heavy atom. The molecular weight excluding hydrogens is 246 g/mol. The van der Waals surface area contributed by atoms with Gasteiger partial charge >= 0.3 is 6.03 Å². The number of aliphatic hydroxyl groups is 4. The topological polar surface area (TPSA) is 149 Å². The van der Waals surface area contributed by atoms with E-state index in [1.807, 2.05) is 0 Å². The monoisotopic (exact) mass is 261 g/mol. The second-order valence-corrected chi connectivity index (χ2v) is 4.21. The summed E-state index contributed by atoms with van der Waals surface area (Å²) in [6.45, 7) is -0.516. The number of aliphatic hydroxyl groups excluding tert-OH is 4. The molecule has 0 aromatic heterocycles. The summed E-state index contributed by atoms with van der Waals surface area (Å²) in [5.41, 5.74) is 5.34. The second kappa shape index (κ2) is 4.78. The fourth-order valence-corrected chi connectivity index (χ4v) is 2.03. The largest absolute Gasteiger partial charge is 0.394 e.